The highest BCUT2D eigenvalue weighted by Gasteiger charge is 2.19. The minimum atomic E-state index is -0.318. The number of aromatic nitrogens is 2. The van der Waals surface area contributed by atoms with Gasteiger partial charge in [-0.3, -0.25) is 9.78 Å². The van der Waals surface area contributed by atoms with Gasteiger partial charge in [-0.1, -0.05) is 18.2 Å². The monoisotopic (exact) mass is 330 g/mol. The molecular weight excluding hydrogens is 312 g/mol. The second-order valence-corrected chi connectivity index (χ2v) is 5.33. The highest BCUT2D eigenvalue weighted by Crippen LogP contribution is 2.18. The lowest BCUT2D eigenvalue weighted by Crippen LogP contribution is -3.00. The topological polar surface area (TPSA) is 85.4 Å². The Kier molecular flexibility index (Phi) is 5.73. The number of nitrogens with one attached hydrogen (secondary N) is 2. The third-order valence-electron chi connectivity index (χ3n) is 3.73. The highest BCUT2D eigenvalue weighted by atomic mass is 35.5. The Balaban J connectivity index is 0.00000192. The first-order chi connectivity index (χ1) is 10.7. The quantitative estimate of drug-likeness (QED) is 0.507. The molecule has 0 spiro atoms. The van der Waals surface area contributed by atoms with Crippen LogP contribution < -0.4 is 23.5 Å². The predicted molar refractivity (Wildman–Crippen MR) is 84.8 cm³/mol. The Morgan fingerprint density at radius 1 is 1.22 bits per heavy atom. The second kappa shape index (κ2) is 7.76. The van der Waals surface area contributed by atoms with E-state index in [1.165, 1.54) is 0 Å². The molecular formula is C17H19ClN4O. The number of H-pyrrole nitrogens is 1. The zero-order valence-corrected chi connectivity index (χ0v) is 13.4. The van der Waals surface area contributed by atoms with Gasteiger partial charge in [-0.15, -0.1) is 0 Å². The van der Waals surface area contributed by atoms with Crippen molar-refractivity contribution >= 4 is 16.8 Å². The SMILES string of the molecule is [Cl-].[NH3+][C@@H](Cc1c[nH]c2ccccc12)C(=O)NCc1ccncc1. The molecule has 1 aromatic carbocycles. The third kappa shape index (κ3) is 4.09. The second-order valence-electron chi connectivity index (χ2n) is 5.33. The van der Waals surface area contributed by atoms with Gasteiger partial charge >= 0.3 is 0 Å². The first-order valence-corrected chi connectivity index (χ1v) is 7.29. The molecule has 1 atom stereocenters. The van der Waals surface area contributed by atoms with Crippen molar-refractivity contribution in [3.63, 3.8) is 0 Å². The van der Waals surface area contributed by atoms with Crippen LogP contribution in [0.1, 0.15) is 11.1 Å². The fraction of sp³-hybridized carbons (Fsp3) is 0.176. The zero-order chi connectivity index (χ0) is 15.4. The molecule has 0 radical (unpaired) electrons. The maximum Gasteiger partial charge on any atom is 0.278 e. The zero-order valence-electron chi connectivity index (χ0n) is 12.6. The van der Waals surface area contributed by atoms with Gasteiger partial charge in [0.05, 0.1) is 0 Å². The van der Waals surface area contributed by atoms with Crippen molar-refractivity contribution in [3.8, 4) is 0 Å². The van der Waals surface area contributed by atoms with Crippen molar-refractivity contribution in [2.24, 2.45) is 0 Å². The smallest absolute Gasteiger partial charge is 0.278 e. The number of carbonyl (C=O) groups excluding carboxylic acids is 1. The van der Waals surface area contributed by atoms with E-state index in [1.807, 2.05) is 36.5 Å². The molecule has 3 aromatic rings. The van der Waals surface area contributed by atoms with Crippen LogP contribution in [0, 0.1) is 0 Å². The van der Waals surface area contributed by atoms with Crippen LogP contribution in [-0.4, -0.2) is 21.9 Å². The van der Waals surface area contributed by atoms with E-state index in [-0.39, 0.29) is 24.4 Å². The van der Waals surface area contributed by atoms with Crippen LogP contribution in [0.4, 0.5) is 0 Å². The number of rotatable bonds is 5. The fourth-order valence-corrected chi connectivity index (χ4v) is 2.49. The lowest BCUT2D eigenvalue weighted by molar-refractivity contribution is -0.403. The molecule has 2 aromatic heterocycles. The fourth-order valence-electron chi connectivity index (χ4n) is 2.49. The number of benzene rings is 1. The standard InChI is InChI=1S/C17H18N4O.ClH/c18-15(17(22)21-10-12-5-7-19-8-6-12)9-13-11-20-16-4-2-1-3-14(13)16;/h1-8,11,15,20H,9-10,18H2,(H,21,22);1H/t15-;/m0./s1. The van der Waals surface area contributed by atoms with Gasteiger partial charge in [-0.05, 0) is 29.3 Å². The Hall–Kier alpha value is -2.37. The molecule has 2 heterocycles. The molecule has 5 nitrogen and oxygen atoms in total. The number of halogens is 1. The molecule has 3 rings (SSSR count). The molecule has 0 aliphatic rings. The van der Waals surface area contributed by atoms with Crippen LogP contribution in [0.25, 0.3) is 10.9 Å². The lowest BCUT2D eigenvalue weighted by atomic mass is 10.1. The summed E-state index contributed by atoms with van der Waals surface area (Å²) in [6.45, 7) is 0.501. The van der Waals surface area contributed by atoms with Crippen LogP contribution in [-0.2, 0) is 17.8 Å². The average Bonchev–Trinajstić information content (AvgIpc) is 2.97. The normalized spacial score (nSPS) is 11.7. The summed E-state index contributed by atoms with van der Waals surface area (Å²) >= 11 is 0. The van der Waals surface area contributed by atoms with E-state index in [0.717, 1.165) is 22.0 Å². The summed E-state index contributed by atoms with van der Waals surface area (Å²) in [5.74, 6) is -0.0397. The van der Waals surface area contributed by atoms with E-state index in [9.17, 15) is 4.79 Å². The van der Waals surface area contributed by atoms with Crippen molar-refractivity contribution < 1.29 is 22.9 Å². The van der Waals surface area contributed by atoms with Crippen LogP contribution in [0.2, 0.25) is 0 Å². The Morgan fingerprint density at radius 3 is 2.74 bits per heavy atom. The van der Waals surface area contributed by atoms with Gasteiger partial charge < -0.3 is 28.4 Å². The molecule has 0 aliphatic heterocycles. The van der Waals surface area contributed by atoms with E-state index < -0.39 is 0 Å². The molecule has 0 aliphatic carbocycles. The summed E-state index contributed by atoms with van der Waals surface area (Å²) < 4.78 is 0. The van der Waals surface area contributed by atoms with Crippen molar-refractivity contribution in [1.29, 1.82) is 0 Å². The lowest BCUT2D eigenvalue weighted by Gasteiger charge is -2.09. The number of hydrogen-bond donors (Lipinski definition) is 3. The van der Waals surface area contributed by atoms with Crippen molar-refractivity contribution in [3.05, 3.63) is 66.1 Å². The molecule has 120 valence electrons. The third-order valence-corrected chi connectivity index (χ3v) is 3.73. The molecule has 5 N–H and O–H groups in total. The van der Waals surface area contributed by atoms with E-state index in [2.05, 4.69) is 27.1 Å². The van der Waals surface area contributed by atoms with E-state index in [1.54, 1.807) is 12.4 Å². The minimum absolute atomic E-state index is 0. The van der Waals surface area contributed by atoms with E-state index in [0.29, 0.717) is 13.0 Å². The van der Waals surface area contributed by atoms with Gasteiger partial charge in [-0.2, -0.15) is 0 Å². The molecule has 0 saturated heterocycles. The van der Waals surface area contributed by atoms with Crippen LogP contribution in [0.15, 0.2) is 55.0 Å². The van der Waals surface area contributed by atoms with E-state index in [4.69, 9.17) is 0 Å². The van der Waals surface area contributed by atoms with E-state index >= 15 is 0 Å². The number of hydrogen-bond acceptors (Lipinski definition) is 2. The molecule has 0 unspecified atom stereocenters. The summed E-state index contributed by atoms with van der Waals surface area (Å²) in [4.78, 5) is 19.4. The highest BCUT2D eigenvalue weighted by molar-refractivity contribution is 5.85. The molecule has 0 saturated carbocycles. The van der Waals surface area contributed by atoms with Crippen LogP contribution in [0.5, 0.6) is 0 Å². The Labute approximate surface area is 140 Å². The van der Waals surface area contributed by atoms with Crippen molar-refractivity contribution in [2.75, 3.05) is 0 Å². The minimum Gasteiger partial charge on any atom is -1.00 e. The summed E-state index contributed by atoms with van der Waals surface area (Å²) in [5, 5.41) is 4.07. The summed E-state index contributed by atoms with van der Waals surface area (Å²) in [6.07, 6.45) is 6.01. The van der Waals surface area contributed by atoms with Gasteiger partial charge in [0, 0.05) is 42.5 Å². The first kappa shape index (κ1) is 17.0. The number of nitrogens with zero attached hydrogens (tertiary/aromatic N) is 1. The maximum absolute atomic E-state index is 12.2. The molecule has 0 fully saturated rings. The number of carbonyl (C=O) groups is 1. The van der Waals surface area contributed by atoms with Gasteiger partial charge in [0.15, 0.2) is 6.04 Å². The number of fused-ring (bicyclic) bond motifs is 1. The summed E-state index contributed by atoms with van der Waals surface area (Å²) in [6, 6.07) is 11.5. The summed E-state index contributed by atoms with van der Waals surface area (Å²) in [7, 11) is 0. The average molecular weight is 331 g/mol. The van der Waals surface area contributed by atoms with Gasteiger partial charge in [-0.25, -0.2) is 0 Å². The Bertz CT molecular complexity index is 772. The first-order valence-electron chi connectivity index (χ1n) is 7.29. The van der Waals surface area contributed by atoms with Gasteiger partial charge in [0.1, 0.15) is 0 Å². The van der Waals surface area contributed by atoms with Crippen molar-refractivity contribution in [2.45, 2.75) is 19.0 Å². The predicted octanol–water partition coefficient (Wildman–Crippen LogP) is -1.96. The van der Waals surface area contributed by atoms with Gasteiger partial charge in [0.25, 0.3) is 5.91 Å². The molecule has 1 amide bonds. The number of quaternary nitrogens is 1. The maximum atomic E-state index is 12.2. The Morgan fingerprint density at radius 2 is 1.96 bits per heavy atom. The van der Waals surface area contributed by atoms with Crippen LogP contribution in [0.3, 0.4) is 0 Å². The molecule has 0 bridgehead atoms. The number of aromatic amines is 1. The number of amides is 1. The summed E-state index contributed by atoms with van der Waals surface area (Å²) in [5.41, 5.74) is 7.23. The van der Waals surface area contributed by atoms with Gasteiger partial charge in [0.2, 0.25) is 0 Å². The van der Waals surface area contributed by atoms with Crippen molar-refractivity contribution in [1.82, 2.24) is 15.3 Å². The number of pyridine rings is 1. The molecule has 6 heteroatoms. The van der Waals surface area contributed by atoms with Crippen LogP contribution >= 0.6 is 0 Å². The number of para-hydroxylation sites is 1. The largest absolute Gasteiger partial charge is 1.00 e. The molecule has 23 heavy (non-hydrogen) atoms.